The van der Waals surface area contributed by atoms with Crippen LogP contribution in [-0.2, 0) is 9.47 Å². The van der Waals surface area contributed by atoms with Gasteiger partial charge >= 0.3 is 0 Å². The second-order valence-corrected chi connectivity index (χ2v) is 8.31. The van der Waals surface area contributed by atoms with E-state index in [2.05, 4.69) is 53.1 Å². The van der Waals surface area contributed by atoms with Gasteiger partial charge in [0.15, 0.2) is 6.29 Å². The van der Waals surface area contributed by atoms with Crippen molar-refractivity contribution in [2.24, 2.45) is 0 Å². The van der Waals surface area contributed by atoms with Crippen LogP contribution in [0.3, 0.4) is 0 Å². The van der Waals surface area contributed by atoms with Crippen molar-refractivity contribution in [1.82, 2.24) is 5.32 Å². The second-order valence-electron chi connectivity index (χ2n) is 6.70. The lowest BCUT2D eigenvalue weighted by molar-refractivity contribution is -0.139. The Morgan fingerprint density at radius 3 is 2.61 bits per heavy atom. The van der Waals surface area contributed by atoms with Crippen molar-refractivity contribution in [3.63, 3.8) is 0 Å². The number of rotatable bonds is 9. The number of ether oxygens (including phenoxy) is 2. The van der Waals surface area contributed by atoms with Gasteiger partial charge in [-0.25, -0.2) is 0 Å². The number of anilines is 1. The largest absolute Gasteiger partial charge is 0.353 e. The molecule has 4 nitrogen and oxygen atoms in total. The number of hydrogen-bond acceptors (Lipinski definition) is 5. The lowest BCUT2D eigenvalue weighted by Crippen LogP contribution is -2.26. The summed E-state index contributed by atoms with van der Waals surface area (Å²) in [6.07, 6.45) is 1.74. The van der Waals surface area contributed by atoms with Crippen LogP contribution in [0.25, 0.3) is 0 Å². The highest BCUT2D eigenvalue weighted by molar-refractivity contribution is 8.00. The van der Waals surface area contributed by atoms with Gasteiger partial charge in [-0.2, -0.15) is 0 Å². The van der Waals surface area contributed by atoms with Gasteiger partial charge in [-0.05, 0) is 74.5 Å². The maximum Gasteiger partial charge on any atom is 0.157 e. The Bertz CT molecular complexity index is 768. The lowest BCUT2D eigenvalue weighted by atomic mass is 9.96. The Hall–Kier alpha value is -1.24. The van der Waals surface area contributed by atoms with Crippen LogP contribution in [0, 0.1) is 0 Å². The molecule has 3 rings (SSSR count). The third kappa shape index (κ3) is 5.22. The fraction of sp³-hybridized carbons (Fsp3) is 0.455. The third-order valence-electron chi connectivity index (χ3n) is 4.78. The van der Waals surface area contributed by atoms with Gasteiger partial charge in [0.05, 0.1) is 11.7 Å². The first-order chi connectivity index (χ1) is 13.6. The van der Waals surface area contributed by atoms with E-state index in [0.717, 1.165) is 24.4 Å². The molecule has 152 valence electrons. The molecule has 0 amide bonds. The topological polar surface area (TPSA) is 33.7 Å². The van der Waals surface area contributed by atoms with E-state index in [1.54, 1.807) is 11.9 Å². The van der Waals surface area contributed by atoms with Crippen LogP contribution in [0.2, 0.25) is 5.02 Å². The summed E-state index contributed by atoms with van der Waals surface area (Å²) >= 11 is 8.00. The minimum atomic E-state index is -0.119. The number of nitrogens with zero attached hydrogens (tertiary/aromatic N) is 1. The SMILES string of the molecule is CCOC(CCCNC1c2ccc(Cl)cc2SN(C)c2ccccc21)OCC. The molecule has 0 bridgehead atoms. The van der Waals surface area contributed by atoms with Crippen molar-refractivity contribution in [2.75, 3.05) is 31.1 Å². The summed E-state index contributed by atoms with van der Waals surface area (Å²) in [6, 6.07) is 14.9. The summed E-state index contributed by atoms with van der Waals surface area (Å²) < 4.78 is 13.5. The normalized spacial score (nSPS) is 16.0. The van der Waals surface area contributed by atoms with E-state index >= 15 is 0 Å². The molecular formula is C22H29ClN2O2S. The Morgan fingerprint density at radius 1 is 1.11 bits per heavy atom. The Morgan fingerprint density at radius 2 is 1.86 bits per heavy atom. The maximum atomic E-state index is 6.28. The van der Waals surface area contributed by atoms with Gasteiger partial charge in [0.2, 0.25) is 0 Å². The fourth-order valence-corrected chi connectivity index (χ4v) is 4.80. The highest BCUT2D eigenvalue weighted by Gasteiger charge is 2.26. The van der Waals surface area contributed by atoms with Gasteiger partial charge in [0.1, 0.15) is 0 Å². The zero-order chi connectivity index (χ0) is 19.9. The van der Waals surface area contributed by atoms with Crippen molar-refractivity contribution in [2.45, 2.75) is 43.9 Å². The molecule has 0 saturated heterocycles. The molecular weight excluding hydrogens is 392 g/mol. The molecule has 0 spiro atoms. The van der Waals surface area contributed by atoms with Crippen molar-refractivity contribution in [1.29, 1.82) is 0 Å². The maximum absolute atomic E-state index is 6.28. The van der Waals surface area contributed by atoms with Crippen LogP contribution < -0.4 is 9.62 Å². The summed E-state index contributed by atoms with van der Waals surface area (Å²) in [5, 5.41) is 4.52. The number of fused-ring (bicyclic) bond motifs is 2. The fourth-order valence-electron chi connectivity index (χ4n) is 3.53. The van der Waals surface area contributed by atoms with E-state index in [0.29, 0.717) is 13.2 Å². The average molecular weight is 421 g/mol. The van der Waals surface area contributed by atoms with Crippen molar-refractivity contribution in [3.8, 4) is 0 Å². The van der Waals surface area contributed by atoms with Crippen LogP contribution in [0.1, 0.15) is 43.9 Å². The molecule has 28 heavy (non-hydrogen) atoms. The van der Waals surface area contributed by atoms with E-state index in [1.807, 2.05) is 19.9 Å². The Labute approximate surface area is 177 Å². The average Bonchev–Trinajstić information content (AvgIpc) is 2.80. The highest BCUT2D eigenvalue weighted by Crippen LogP contribution is 2.43. The summed E-state index contributed by atoms with van der Waals surface area (Å²) in [5.41, 5.74) is 3.76. The molecule has 1 heterocycles. The zero-order valence-corrected chi connectivity index (χ0v) is 18.4. The number of hydrogen-bond donors (Lipinski definition) is 1. The van der Waals surface area contributed by atoms with Gasteiger partial charge < -0.3 is 19.1 Å². The number of benzene rings is 2. The standard InChI is InChI=1S/C22H29ClN2O2S/c1-4-26-21(27-5-2)11-8-14-24-22-17-9-6-7-10-19(17)25(3)28-20-15-16(23)12-13-18(20)22/h6-7,9-10,12-13,15,21-22,24H,4-5,8,11,14H2,1-3H3. The summed E-state index contributed by atoms with van der Waals surface area (Å²) in [7, 11) is 2.10. The summed E-state index contributed by atoms with van der Waals surface area (Å²) in [4.78, 5) is 1.19. The van der Waals surface area contributed by atoms with Gasteiger partial charge in [-0.15, -0.1) is 0 Å². The van der Waals surface area contributed by atoms with E-state index < -0.39 is 0 Å². The first-order valence-electron chi connectivity index (χ1n) is 9.90. The molecule has 0 aromatic heterocycles. The van der Waals surface area contributed by atoms with Crippen molar-refractivity contribution < 1.29 is 9.47 Å². The van der Waals surface area contributed by atoms with E-state index in [1.165, 1.54) is 21.7 Å². The van der Waals surface area contributed by atoms with Crippen molar-refractivity contribution >= 4 is 29.2 Å². The van der Waals surface area contributed by atoms with E-state index in [9.17, 15) is 0 Å². The Balaban J connectivity index is 1.77. The van der Waals surface area contributed by atoms with E-state index in [4.69, 9.17) is 21.1 Å². The molecule has 1 atom stereocenters. The van der Waals surface area contributed by atoms with Crippen LogP contribution in [0.4, 0.5) is 5.69 Å². The predicted octanol–water partition coefficient (Wildman–Crippen LogP) is 5.66. The van der Waals surface area contributed by atoms with Gasteiger partial charge in [0.25, 0.3) is 0 Å². The zero-order valence-electron chi connectivity index (χ0n) is 16.8. The van der Waals surface area contributed by atoms with Crippen molar-refractivity contribution in [3.05, 3.63) is 58.6 Å². The smallest absolute Gasteiger partial charge is 0.157 e. The molecule has 0 aliphatic carbocycles. The Kier molecular flexibility index (Phi) is 8.06. The van der Waals surface area contributed by atoms with Gasteiger partial charge in [-0.1, -0.05) is 35.9 Å². The number of para-hydroxylation sites is 1. The van der Waals surface area contributed by atoms with Gasteiger partial charge in [0, 0.05) is 30.2 Å². The first-order valence-corrected chi connectivity index (χ1v) is 11.1. The molecule has 0 fully saturated rings. The molecule has 2 aromatic carbocycles. The highest BCUT2D eigenvalue weighted by atomic mass is 35.5. The predicted molar refractivity (Wildman–Crippen MR) is 118 cm³/mol. The third-order valence-corrected chi connectivity index (χ3v) is 6.03. The van der Waals surface area contributed by atoms with Crippen LogP contribution in [0.5, 0.6) is 0 Å². The summed E-state index contributed by atoms with van der Waals surface area (Å²) in [6.45, 7) is 6.23. The molecule has 0 saturated carbocycles. The number of nitrogens with one attached hydrogen (secondary N) is 1. The summed E-state index contributed by atoms with van der Waals surface area (Å²) in [5.74, 6) is 0. The first kappa shape index (κ1) is 21.5. The van der Waals surface area contributed by atoms with Crippen LogP contribution in [0.15, 0.2) is 47.4 Å². The monoisotopic (exact) mass is 420 g/mol. The molecule has 1 N–H and O–H groups in total. The minimum absolute atomic E-state index is 0.119. The van der Waals surface area contributed by atoms with Crippen LogP contribution in [-0.4, -0.2) is 33.1 Å². The molecule has 0 radical (unpaired) electrons. The number of halogens is 1. The molecule has 2 aromatic rings. The molecule has 1 unspecified atom stereocenters. The minimum Gasteiger partial charge on any atom is -0.353 e. The second kappa shape index (κ2) is 10.5. The van der Waals surface area contributed by atoms with Gasteiger partial charge in [-0.3, -0.25) is 0 Å². The molecule has 1 aliphatic rings. The quantitative estimate of drug-likeness (QED) is 0.322. The molecule has 1 aliphatic heterocycles. The lowest BCUT2D eigenvalue weighted by Gasteiger charge is -2.23. The molecule has 6 heteroatoms. The van der Waals surface area contributed by atoms with Crippen LogP contribution >= 0.6 is 23.5 Å². The van der Waals surface area contributed by atoms with E-state index in [-0.39, 0.29) is 12.3 Å².